The van der Waals surface area contributed by atoms with Crippen LogP contribution in [0.3, 0.4) is 0 Å². The number of benzene rings is 1. The fourth-order valence-electron chi connectivity index (χ4n) is 2.69. The van der Waals surface area contributed by atoms with E-state index < -0.39 is 8.32 Å². The quantitative estimate of drug-likeness (QED) is 0.275. The van der Waals surface area contributed by atoms with E-state index in [2.05, 4.69) is 54.8 Å². The zero-order chi connectivity index (χ0) is 20.4. The van der Waals surface area contributed by atoms with Crippen LogP contribution in [0.4, 0.5) is 0 Å². The topological polar surface area (TPSA) is 51.3 Å². The number of carbonyl (C=O) groups excluding carboxylic acids is 1. The molecule has 0 radical (unpaired) electrons. The number of halogens is 2. The Hall–Kier alpha value is -0.823. The van der Waals surface area contributed by atoms with Gasteiger partial charge in [0.2, 0.25) is 0 Å². The monoisotopic (exact) mass is 473 g/mol. The Balaban J connectivity index is 2.24. The Morgan fingerprint density at radius 1 is 1.30 bits per heavy atom. The summed E-state index contributed by atoms with van der Waals surface area (Å²) in [4.78, 5) is 15.6. The van der Waals surface area contributed by atoms with Gasteiger partial charge in [0.25, 0.3) is 0 Å². The Morgan fingerprint density at radius 2 is 1.96 bits per heavy atom. The number of aromatic amines is 1. The predicted molar refractivity (Wildman–Crippen MR) is 118 cm³/mol. The van der Waals surface area contributed by atoms with Gasteiger partial charge in [-0.05, 0) is 65.5 Å². The molecule has 0 atom stereocenters. The minimum atomic E-state index is -1.77. The highest BCUT2D eigenvalue weighted by Gasteiger charge is 2.36. The molecule has 0 aliphatic carbocycles. The zero-order valence-corrected chi connectivity index (χ0v) is 20.3. The summed E-state index contributed by atoms with van der Waals surface area (Å²) in [6, 6.07) is 3.79. The van der Waals surface area contributed by atoms with Crippen LogP contribution in [0.25, 0.3) is 10.9 Å². The van der Waals surface area contributed by atoms with Crippen molar-refractivity contribution in [3.63, 3.8) is 0 Å². The average molecular weight is 475 g/mol. The van der Waals surface area contributed by atoms with Crippen LogP contribution in [-0.2, 0) is 15.6 Å². The summed E-state index contributed by atoms with van der Waals surface area (Å²) in [7, 11) is -1.77. The Labute approximate surface area is 176 Å². The summed E-state index contributed by atoms with van der Waals surface area (Å²) >= 11 is 9.72. The van der Waals surface area contributed by atoms with E-state index in [4.69, 9.17) is 20.8 Å². The molecule has 0 saturated heterocycles. The van der Waals surface area contributed by atoms with Gasteiger partial charge in [-0.25, -0.2) is 4.79 Å². The van der Waals surface area contributed by atoms with Crippen molar-refractivity contribution in [2.75, 3.05) is 13.2 Å². The average Bonchev–Trinajstić information content (AvgIpc) is 2.93. The van der Waals surface area contributed by atoms with E-state index in [0.29, 0.717) is 23.9 Å². The molecule has 0 fully saturated rings. The smallest absolute Gasteiger partial charge is 0.355 e. The third-order valence-corrected chi connectivity index (χ3v) is 11.2. The maximum absolute atomic E-state index is 12.4. The predicted octanol–water partition coefficient (Wildman–Crippen LogP) is 6.71. The highest BCUT2D eigenvalue weighted by Crippen LogP contribution is 2.37. The summed E-state index contributed by atoms with van der Waals surface area (Å²) in [5, 5.41) is 1.78. The van der Waals surface area contributed by atoms with Gasteiger partial charge in [-0.3, -0.25) is 0 Å². The molecule has 2 rings (SSSR count). The lowest BCUT2D eigenvalue weighted by molar-refractivity contribution is 0.0519. The van der Waals surface area contributed by atoms with Gasteiger partial charge in [-0.2, -0.15) is 0 Å². The molecule has 0 unspecified atom stereocenters. The molecule has 1 aromatic carbocycles. The lowest BCUT2D eigenvalue weighted by atomic mass is 10.1. The third kappa shape index (κ3) is 4.97. The Morgan fingerprint density at radius 3 is 2.56 bits per heavy atom. The molecule has 150 valence electrons. The maximum atomic E-state index is 12.4. The standard InChI is InChI=1S/C20H29BrClNO3Si/c1-7-25-19(24)18-13(9-8-12-26-27(5,6)20(2,3)4)14-10-11-15(22)16(21)17(14)23-18/h10-11,23H,7-9,12H2,1-6H3. The number of rotatable bonds is 7. The molecule has 0 aliphatic rings. The van der Waals surface area contributed by atoms with Crippen LogP contribution in [0.5, 0.6) is 0 Å². The first-order valence-electron chi connectivity index (χ1n) is 9.29. The highest BCUT2D eigenvalue weighted by molar-refractivity contribution is 9.10. The molecule has 27 heavy (non-hydrogen) atoms. The molecule has 0 spiro atoms. The first kappa shape index (κ1) is 22.5. The van der Waals surface area contributed by atoms with Crippen molar-refractivity contribution in [2.24, 2.45) is 0 Å². The molecule has 0 saturated carbocycles. The molecule has 1 aromatic heterocycles. The molecular weight excluding hydrogens is 446 g/mol. The van der Waals surface area contributed by atoms with Crippen molar-refractivity contribution in [1.29, 1.82) is 0 Å². The van der Waals surface area contributed by atoms with E-state index in [1.54, 1.807) is 6.92 Å². The van der Waals surface area contributed by atoms with E-state index in [-0.39, 0.29) is 11.0 Å². The number of esters is 1. The summed E-state index contributed by atoms with van der Waals surface area (Å²) in [5.74, 6) is -0.336. The molecule has 4 nitrogen and oxygen atoms in total. The minimum absolute atomic E-state index is 0.186. The molecule has 0 amide bonds. The zero-order valence-electron chi connectivity index (χ0n) is 17.0. The molecule has 1 heterocycles. The molecule has 2 aromatic rings. The largest absolute Gasteiger partial charge is 0.461 e. The Bertz CT molecular complexity index is 827. The lowest BCUT2D eigenvalue weighted by Gasteiger charge is -2.36. The van der Waals surface area contributed by atoms with Crippen molar-refractivity contribution in [1.82, 2.24) is 4.98 Å². The number of aromatic nitrogens is 1. The van der Waals surface area contributed by atoms with E-state index >= 15 is 0 Å². The summed E-state index contributed by atoms with van der Waals surface area (Å²) in [5.41, 5.74) is 2.28. The Kier molecular flexibility index (Phi) is 7.22. The molecule has 0 aliphatic heterocycles. The van der Waals surface area contributed by atoms with Gasteiger partial charge in [-0.1, -0.05) is 38.4 Å². The second-order valence-corrected chi connectivity index (χ2v) is 14.2. The van der Waals surface area contributed by atoms with Crippen LogP contribution >= 0.6 is 27.5 Å². The van der Waals surface area contributed by atoms with Gasteiger partial charge in [-0.15, -0.1) is 0 Å². The van der Waals surface area contributed by atoms with Crippen LogP contribution in [0.2, 0.25) is 23.2 Å². The molecular formula is C20H29BrClNO3Si. The molecule has 1 N–H and O–H groups in total. The van der Waals surface area contributed by atoms with Crippen LogP contribution in [-0.4, -0.2) is 32.5 Å². The highest BCUT2D eigenvalue weighted by atomic mass is 79.9. The normalized spacial score (nSPS) is 12.6. The second kappa shape index (κ2) is 8.68. The fourth-order valence-corrected chi connectivity index (χ4v) is 4.38. The van der Waals surface area contributed by atoms with Gasteiger partial charge < -0.3 is 14.1 Å². The van der Waals surface area contributed by atoms with Gasteiger partial charge in [0.15, 0.2) is 8.32 Å². The van der Waals surface area contributed by atoms with E-state index in [9.17, 15) is 4.79 Å². The van der Waals surface area contributed by atoms with Gasteiger partial charge in [0, 0.05) is 12.0 Å². The maximum Gasteiger partial charge on any atom is 0.355 e. The van der Waals surface area contributed by atoms with Crippen molar-refractivity contribution in [2.45, 2.75) is 58.7 Å². The van der Waals surface area contributed by atoms with Crippen LogP contribution in [0, 0.1) is 0 Å². The van der Waals surface area contributed by atoms with Crippen LogP contribution in [0.15, 0.2) is 16.6 Å². The number of H-pyrrole nitrogens is 1. The fraction of sp³-hybridized carbons (Fsp3) is 0.550. The third-order valence-electron chi connectivity index (χ3n) is 5.29. The van der Waals surface area contributed by atoms with Crippen LogP contribution in [0.1, 0.15) is 50.2 Å². The second-order valence-electron chi connectivity index (χ2n) is 8.20. The van der Waals surface area contributed by atoms with E-state index in [0.717, 1.165) is 33.8 Å². The van der Waals surface area contributed by atoms with Crippen molar-refractivity contribution >= 4 is 52.7 Å². The van der Waals surface area contributed by atoms with Crippen molar-refractivity contribution < 1.29 is 14.0 Å². The minimum Gasteiger partial charge on any atom is -0.461 e. The number of hydrogen-bond donors (Lipinski definition) is 1. The summed E-state index contributed by atoms with van der Waals surface area (Å²) in [6.45, 7) is 14.0. The number of ether oxygens (including phenoxy) is 1. The van der Waals surface area contributed by atoms with Crippen LogP contribution < -0.4 is 0 Å². The molecule has 7 heteroatoms. The number of hydrogen-bond acceptors (Lipinski definition) is 3. The van der Waals surface area contributed by atoms with E-state index in [1.165, 1.54) is 0 Å². The van der Waals surface area contributed by atoms with Crippen molar-refractivity contribution in [3.8, 4) is 0 Å². The number of carbonyl (C=O) groups is 1. The van der Waals surface area contributed by atoms with Gasteiger partial charge in [0.1, 0.15) is 5.69 Å². The van der Waals surface area contributed by atoms with Gasteiger partial charge >= 0.3 is 5.97 Å². The number of aryl methyl sites for hydroxylation is 1. The van der Waals surface area contributed by atoms with Gasteiger partial charge in [0.05, 0.1) is 21.6 Å². The number of nitrogens with one attached hydrogen (secondary N) is 1. The summed E-state index contributed by atoms with van der Waals surface area (Å²) < 4.78 is 12.3. The van der Waals surface area contributed by atoms with E-state index in [1.807, 2.05) is 12.1 Å². The first-order valence-corrected chi connectivity index (χ1v) is 13.4. The van der Waals surface area contributed by atoms with Crippen molar-refractivity contribution in [3.05, 3.63) is 32.9 Å². The molecule has 0 bridgehead atoms. The SMILES string of the molecule is CCOC(=O)c1[nH]c2c(Br)c(Cl)ccc2c1CCCO[Si](C)(C)C(C)(C)C. The lowest BCUT2D eigenvalue weighted by Crippen LogP contribution is -2.41. The summed E-state index contributed by atoms with van der Waals surface area (Å²) in [6.07, 6.45) is 1.57. The number of fused-ring (bicyclic) bond motifs is 1. The first-order chi connectivity index (χ1) is 12.5.